The van der Waals surface area contributed by atoms with Crippen molar-refractivity contribution in [1.82, 2.24) is 20.2 Å². The molecule has 3 heterocycles. The van der Waals surface area contributed by atoms with Gasteiger partial charge in [-0.3, -0.25) is 9.69 Å². The predicted molar refractivity (Wildman–Crippen MR) is 105 cm³/mol. The number of nitrogens with zero attached hydrogens (tertiary/aromatic N) is 2. The van der Waals surface area contributed by atoms with Crippen LogP contribution in [0.5, 0.6) is 5.75 Å². The van der Waals surface area contributed by atoms with Crippen LogP contribution in [0.1, 0.15) is 31.5 Å². The zero-order valence-electron chi connectivity index (χ0n) is 16.0. The highest BCUT2D eigenvalue weighted by molar-refractivity contribution is 5.79. The van der Waals surface area contributed by atoms with Gasteiger partial charge in [0.2, 0.25) is 0 Å². The second-order valence-corrected chi connectivity index (χ2v) is 8.56. The minimum atomic E-state index is -0.563. The summed E-state index contributed by atoms with van der Waals surface area (Å²) in [5, 5.41) is 3.35. The number of fused-ring (bicyclic) bond motifs is 1. The third-order valence-corrected chi connectivity index (χ3v) is 6.37. The average molecular weight is 386 g/mol. The minimum absolute atomic E-state index is 0.0225. The molecular weight excluding hydrogens is 359 g/mol. The minimum Gasteiger partial charge on any atom is -0.493 e. The summed E-state index contributed by atoms with van der Waals surface area (Å²) >= 11 is 0. The summed E-state index contributed by atoms with van der Waals surface area (Å²) in [6.45, 7) is 5.00. The number of likely N-dealkylation sites (tertiary alicyclic amines) is 1. The molecule has 6 nitrogen and oxygen atoms in total. The lowest BCUT2D eigenvalue weighted by molar-refractivity contribution is 0.0823. The van der Waals surface area contributed by atoms with Crippen LogP contribution in [0, 0.1) is 17.7 Å². The van der Waals surface area contributed by atoms with E-state index in [1.807, 2.05) is 0 Å². The molecule has 0 atom stereocenters. The lowest BCUT2D eigenvalue weighted by atomic mass is 9.95. The molecule has 0 unspecified atom stereocenters. The van der Waals surface area contributed by atoms with Gasteiger partial charge in [-0.1, -0.05) is 0 Å². The first-order chi connectivity index (χ1) is 13.7. The van der Waals surface area contributed by atoms with Gasteiger partial charge in [-0.25, -0.2) is 9.37 Å². The van der Waals surface area contributed by atoms with Crippen LogP contribution in [0.4, 0.5) is 4.39 Å². The maximum absolute atomic E-state index is 14.5. The van der Waals surface area contributed by atoms with E-state index >= 15 is 0 Å². The molecule has 0 radical (unpaired) electrons. The van der Waals surface area contributed by atoms with Crippen molar-refractivity contribution < 1.29 is 9.13 Å². The molecule has 150 valence electrons. The van der Waals surface area contributed by atoms with Crippen molar-refractivity contribution in [2.45, 2.75) is 38.1 Å². The van der Waals surface area contributed by atoms with Crippen molar-refractivity contribution >= 4 is 10.9 Å². The number of benzene rings is 1. The number of ether oxygens (including phenoxy) is 1. The van der Waals surface area contributed by atoms with Gasteiger partial charge in [0.15, 0.2) is 0 Å². The van der Waals surface area contributed by atoms with Crippen LogP contribution in [0.15, 0.2) is 16.9 Å². The molecular formula is C21H27FN4O2. The van der Waals surface area contributed by atoms with E-state index in [0.29, 0.717) is 41.6 Å². The number of H-pyrrole nitrogens is 1. The summed E-state index contributed by atoms with van der Waals surface area (Å²) in [7, 11) is 0. The Kier molecular flexibility index (Phi) is 4.80. The summed E-state index contributed by atoms with van der Waals surface area (Å²) in [5.41, 5.74) is -0.00995. The van der Waals surface area contributed by atoms with Crippen LogP contribution in [0.2, 0.25) is 0 Å². The third kappa shape index (κ3) is 3.78. The molecule has 5 rings (SSSR count). The first-order valence-electron chi connectivity index (χ1n) is 10.5. The molecule has 3 fully saturated rings. The highest BCUT2D eigenvalue weighted by Gasteiger charge is 2.29. The third-order valence-electron chi connectivity index (χ3n) is 6.37. The molecule has 2 N–H and O–H groups in total. The van der Waals surface area contributed by atoms with E-state index in [4.69, 9.17) is 4.74 Å². The molecule has 3 aliphatic rings. The van der Waals surface area contributed by atoms with Crippen LogP contribution in [0.3, 0.4) is 0 Å². The van der Waals surface area contributed by atoms with Crippen LogP contribution in [0.25, 0.3) is 10.9 Å². The van der Waals surface area contributed by atoms with Crippen LogP contribution in [-0.2, 0) is 6.42 Å². The standard InChI is InChI=1S/C21H27FN4O2/c22-17-8-16(28-12-14-3-5-26(6-4-14)15-10-23-11-15)9-18-20(17)21(27)25-19(24-18)7-13-1-2-13/h8-9,13-15,23H,1-7,10-12H2,(H,24,25,27). The van der Waals surface area contributed by atoms with Gasteiger partial charge in [0.05, 0.1) is 12.1 Å². The largest absolute Gasteiger partial charge is 0.493 e. The molecule has 28 heavy (non-hydrogen) atoms. The Morgan fingerprint density at radius 3 is 2.61 bits per heavy atom. The summed E-state index contributed by atoms with van der Waals surface area (Å²) < 4.78 is 20.4. The van der Waals surface area contributed by atoms with Crippen LogP contribution < -0.4 is 15.6 Å². The Bertz CT molecular complexity index is 914. The van der Waals surface area contributed by atoms with Gasteiger partial charge < -0.3 is 15.0 Å². The van der Waals surface area contributed by atoms with E-state index in [1.54, 1.807) is 6.07 Å². The maximum Gasteiger partial charge on any atom is 0.261 e. The number of piperidine rings is 1. The second-order valence-electron chi connectivity index (χ2n) is 8.56. The quantitative estimate of drug-likeness (QED) is 0.796. The van der Waals surface area contributed by atoms with E-state index in [2.05, 4.69) is 20.2 Å². The zero-order chi connectivity index (χ0) is 19.1. The number of rotatable bonds is 6. The van der Waals surface area contributed by atoms with Crippen molar-refractivity contribution in [3.63, 3.8) is 0 Å². The fraction of sp³-hybridized carbons (Fsp3) is 0.619. The molecule has 1 saturated carbocycles. The van der Waals surface area contributed by atoms with Crippen molar-refractivity contribution in [3.05, 3.63) is 34.1 Å². The van der Waals surface area contributed by atoms with Crippen molar-refractivity contribution in [2.24, 2.45) is 11.8 Å². The fourth-order valence-corrected chi connectivity index (χ4v) is 4.25. The van der Waals surface area contributed by atoms with Crippen molar-refractivity contribution in [2.75, 3.05) is 32.8 Å². The van der Waals surface area contributed by atoms with Gasteiger partial charge >= 0.3 is 0 Å². The molecule has 1 aromatic heterocycles. The Balaban J connectivity index is 1.25. The SMILES string of the molecule is O=c1[nH]c(CC2CC2)nc2cc(OCC3CCN(C4CNC4)CC3)cc(F)c12. The monoisotopic (exact) mass is 386 g/mol. The Hall–Kier alpha value is -1.99. The first kappa shape index (κ1) is 18.1. The lowest BCUT2D eigenvalue weighted by Gasteiger charge is -2.42. The van der Waals surface area contributed by atoms with Gasteiger partial charge in [0, 0.05) is 37.7 Å². The molecule has 0 amide bonds. The molecule has 0 bridgehead atoms. The van der Waals surface area contributed by atoms with Crippen LogP contribution in [-0.4, -0.2) is 53.7 Å². The van der Waals surface area contributed by atoms with E-state index in [0.717, 1.165) is 45.4 Å². The molecule has 0 spiro atoms. The molecule has 1 aromatic carbocycles. The van der Waals surface area contributed by atoms with Crippen molar-refractivity contribution in [1.29, 1.82) is 0 Å². The second kappa shape index (κ2) is 7.44. The first-order valence-corrected chi connectivity index (χ1v) is 10.5. The Labute approximate surface area is 163 Å². The van der Waals surface area contributed by atoms with E-state index in [9.17, 15) is 9.18 Å². The topological polar surface area (TPSA) is 70.2 Å². The molecule has 2 aromatic rings. The van der Waals surface area contributed by atoms with Crippen LogP contribution >= 0.6 is 0 Å². The number of nitrogens with one attached hydrogen (secondary N) is 2. The lowest BCUT2D eigenvalue weighted by Crippen LogP contribution is -2.58. The van der Waals surface area contributed by atoms with E-state index in [-0.39, 0.29) is 5.39 Å². The molecule has 1 aliphatic carbocycles. The molecule has 2 saturated heterocycles. The maximum atomic E-state index is 14.5. The average Bonchev–Trinajstić information content (AvgIpc) is 3.43. The number of hydrogen-bond donors (Lipinski definition) is 2. The van der Waals surface area contributed by atoms with Crippen molar-refractivity contribution in [3.8, 4) is 5.75 Å². The zero-order valence-corrected chi connectivity index (χ0v) is 16.0. The predicted octanol–water partition coefficient (Wildman–Crippen LogP) is 2.08. The van der Waals surface area contributed by atoms with E-state index in [1.165, 1.54) is 18.9 Å². The number of halogens is 1. The number of aromatic amines is 1. The summed E-state index contributed by atoms with van der Waals surface area (Å²) in [6.07, 6.45) is 5.32. The summed E-state index contributed by atoms with van der Waals surface area (Å²) in [4.78, 5) is 22.0. The highest BCUT2D eigenvalue weighted by Crippen LogP contribution is 2.32. The summed E-state index contributed by atoms with van der Waals surface area (Å²) in [5.74, 6) is 1.64. The Morgan fingerprint density at radius 1 is 1.14 bits per heavy atom. The number of hydrogen-bond acceptors (Lipinski definition) is 5. The summed E-state index contributed by atoms with van der Waals surface area (Å²) in [6, 6.07) is 3.72. The highest BCUT2D eigenvalue weighted by atomic mass is 19.1. The smallest absolute Gasteiger partial charge is 0.261 e. The number of aromatic nitrogens is 2. The van der Waals surface area contributed by atoms with Gasteiger partial charge in [0.1, 0.15) is 22.8 Å². The fourth-order valence-electron chi connectivity index (χ4n) is 4.25. The molecule has 7 heteroatoms. The van der Waals surface area contributed by atoms with Gasteiger partial charge in [-0.15, -0.1) is 0 Å². The van der Waals surface area contributed by atoms with Gasteiger partial charge in [-0.2, -0.15) is 0 Å². The van der Waals surface area contributed by atoms with Gasteiger partial charge in [0.25, 0.3) is 5.56 Å². The van der Waals surface area contributed by atoms with E-state index < -0.39 is 11.4 Å². The molecule has 2 aliphatic heterocycles. The normalized spacial score (nSPS) is 21.8. The Morgan fingerprint density at radius 2 is 1.93 bits per heavy atom. The van der Waals surface area contributed by atoms with Gasteiger partial charge in [-0.05, 0) is 50.6 Å².